The van der Waals surface area contributed by atoms with Gasteiger partial charge >= 0.3 is 0 Å². The number of benzene rings is 2. The Morgan fingerprint density at radius 1 is 0.833 bits per heavy atom. The second-order valence-corrected chi connectivity index (χ2v) is 7.30. The van der Waals surface area contributed by atoms with Gasteiger partial charge in [0.1, 0.15) is 13.1 Å². The molecule has 0 aromatic heterocycles. The number of piperidine rings is 1. The number of ether oxygens (including phenoxy) is 1. The van der Waals surface area contributed by atoms with Crippen molar-refractivity contribution in [2.24, 2.45) is 5.92 Å². The number of rotatable bonds is 7. The van der Waals surface area contributed by atoms with Crippen LogP contribution >= 0.6 is 0 Å². The van der Waals surface area contributed by atoms with Crippen LogP contribution in [0, 0.1) is 5.92 Å². The highest BCUT2D eigenvalue weighted by Crippen LogP contribution is 2.30. The molecule has 0 spiro atoms. The Balaban J connectivity index is 1.72. The summed E-state index contributed by atoms with van der Waals surface area (Å²) in [4.78, 5) is 0. The lowest BCUT2D eigenvalue weighted by atomic mass is 9.91. The van der Waals surface area contributed by atoms with Crippen molar-refractivity contribution < 1.29 is 9.22 Å². The van der Waals surface area contributed by atoms with Crippen molar-refractivity contribution in [2.75, 3.05) is 26.8 Å². The summed E-state index contributed by atoms with van der Waals surface area (Å²) in [5.41, 5.74) is 2.92. The van der Waals surface area contributed by atoms with Gasteiger partial charge in [-0.05, 0) is 25.2 Å². The quantitative estimate of drug-likeness (QED) is 0.674. The van der Waals surface area contributed by atoms with Gasteiger partial charge in [0.05, 0.1) is 13.1 Å². The van der Waals surface area contributed by atoms with Crippen molar-refractivity contribution in [3.05, 3.63) is 71.8 Å². The lowest BCUT2D eigenvalue weighted by molar-refractivity contribution is -0.958. The molecule has 0 bridgehead atoms. The SMILES string of the molecule is COCCC1CC[N+](Cc2ccccc2)(Cc2ccccc2)CC1. The maximum absolute atomic E-state index is 5.28. The predicted octanol–water partition coefficient (Wildman–Crippen LogP) is 4.65. The van der Waals surface area contributed by atoms with Gasteiger partial charge in [0.2, 0.25) is 0 Å². The zero-order chi connectivity index (χ0) is 16.7. The fourth-order valence-corrected chi connectivity index (χ4v) is 4.06. The van der Waals surface area contributed by atoms with E-state index in [4.69, 9.17) is 4.74 Å². The van der Waals surface area contributed by atoms with Crippen LogP contribution in [0.5, 0.6) is 0 Å². The number of quaternary nitrogens is 1. The third kappa shape index (κ3) is 4.68. The van der Waals surface area contributed by atoms with Gasteiger partial charge in [-0.3, -0.25) is 0 Å². The minimum atomic E-state index is 0.836. The highest BCUT2D eigenvalue weighted by molar-refractivity contribution is 5.15. The summed E-state index contributed by atoms with van der Waals surface area (Å²) in [6, 6.07) is 22.0. The Hall–Kier alpha value is -1.64. The van der Waals surface area contributed by atoms with Gasteiger partial charge in [-0.1, -0.05) is 60.7 Å². The maximum Gasteiger partial charge on any atom is 0.105 e. The number of hydrogen-bond donors (Lipinski definition) is 0. The summed E-state index contributed by atoms with van der Waals surface area (Å²) in [5, 5.41) is 0. The van der Waals surface area contributed by atoms with Crippen molar-refractivity contribution in [3.8, 4) is 0 Å². The molecule has 2 aromatic carbocycles. The molecule has 24 heavy (non-hydrogen) atoms. The number of methoxy groups -OCH3 is 1. The van der Waals surface area contributed by atoms with Gasteiger partial charge in [-0.2, -0.15) is 0 Å². The van der Waals surface area contributed by atoms with Crippen LogP contribution in [-0.2, 0) is 17.8 Å². The molecule has 1 aliphatic heterocycles. The molecule has 128 valence electrons. The summed E-state index contributed by atoms with van der Waals surface area (Å²) >= 11 is 0. The molecule has 0 saturated carbocycles. The smallest absolute Gasteiger partial charge is 0.105 e. The molecule has 2 heteroatoms. The summed E-state index contributed by atoms with van der Waals surface area (Å²) in [6.45, 7) is 5.75. The fraction of sp³-hybridized carbons (Fsp3) is 0.455. The average Bonchev–Trinajstić information content (AvgIpc) is 2.63. The number of nitrogens with zero attached hydrogens (tertiary/aromatic N) is 1. The molecule has 0 N–H and O–H groups in total. The molecule has 1 heterocycles. The van der Waals surface area contributed by atoms with Gasteiger partial charge in [0.25, 0.3) is 0 Å². The highest BCUT2D eigenvalue weighted by Gasteiger charge is 2.34. The Labute approximate surface area is 146 Å². The van der Waals surface area contributed by atoms with E-state index in [0.29, 0.717) is 0 Å². The normalized spacial score (nSPS) is 17.7. The van der Waals surface area contributed by atoms with Gasteiger partial charge < -0.3 is 9.22 Å². The molecule has 2 aromatic rings. The fourth-order valence-electron chi connectivity index (χ4n) is 4.06. The molecule has 0 aliphatic carbocycles. The van der Waals surface area contributed by atoms with Crippen LogP contribution in [0.25, 0.3) is 0 Å². The summed E-state index contributed by atoms with van der Waals surface area (Å²) in [6.07, 6.45) is 3.86. The first-order valence-corrected chi connectivity index (χ1v) is 9.22. The molecular weight excluding hydrogens is 294 g/mol. The summed E-state index contributed by atoms with van der Waals surface area (Å²) in [5.74, 6) is 0.836. The molecular formula is C22H30NO+. The van der Waals surface area contributed by atoms with Crippen LogP contribution in [0.1, 0.15) is 30.4 Å². The van der Waals surface area contributed by atoms with Crippen molar-refractivity contribution in [2.45, 2.75) is 32.4 Å². The topological polar surface area (TPSA) is 9.23 Å². The van der Waals surface area contributed by atoms with E-state index in [1.807, 2.05) is 7.11 Å². The van der Waals surface area contributed by atoms with E-state index in [2.05, 4.69) is 60.7 Å². The molecule has 0 amide bonds. The molecule has 1 saturated heterocycles. The zero-order valence-corrected chi connectivity index (χ0v) is 14.9. The van der Waals surface area contributed by atoms with Crippen LogP contribution in [0.2, 0.25) is 0 Å². The average molecular weight is 324 g/mol. The van der Waals surface area contributed by atoms with Crippen molar-refractivity contribution >= 4 is 0 Å². The van der Waals surface area contributed by atoms with E-state index in [0.717, 1.165) is 25.6 Å². The minimum Gasteiger partial charge on any atom is -0.385 e. The Bertz CT molecular complexity index is 544. The van der Waals surface area contributed by atoms with Gasteiger partial charge in [0.15, 0.2) is 0 Å². The van der Waals surface area contributed by atoms with Crippen LogP contribution < -0.4 is 0 Å². The van der Waals surface area contributed by atoms with Crippen LogP contribution in [-0.4, -0.2) is 31.3 Å². The van der Waals surface area contributed by atoms with Crippen molar-refractivity contribution in [1.29, 1.82) is 0 Å². The van der Waals surface area contributed by atoms with Crippen LogP contribution in [0.4, 0.5) is 0 Å². The Morgan fingerprint density at radius 3 is 1.79 bits per heavy atom. The second-order valence-electron chi connectivity index (χ2n) is 7.30. The maximum atomic E-state index is 5.28. The monoisotopic (exact) mass is 324 g/mol. The highest BCUT2D eigenvalue weighted by atomic mass is 16.5. The van der Waals surface area contributed by atoms with Crippen molar-refractivity contribution in [3.63, 3.8) is 0 Å². The van der Waals surface area contributed by atoms with Crippen LogP contribution in [0.15, 0.2) is 60.7 Å². The molecule has 2 nitrogen and oxygen atoms in total. The lowest BCUT2D eigenvalue weighted by Gasteiger charge is -2.44. The van der Waals surface area contributed by atoms with E-state index < -0.39 is 0 Å². The molecule has 0 atom stereocenters. The third-order valence-corrected chi connectivity index (χ3v) is 5.48. The minimum absolute atomic E-state index is 0.836. The molecule has 3 rings (SSSR count). The lowest BCUT2D eigenvalue weighted by Crippen LogP contribution is -2.51. The molecule has 0 unspecified atom stereocenters. The summed E-state index contributed by atoms with van der Waals surface area (Å²) < 4.78 is 6.47. The van der Waals surface area contributed by atoms with Crippen molar-refractivity contribution in [1.82, 2.24) is 0 Å². The van der Waals surface area contributed by atoms with E-state index >= 15 is 0 Å². The molecule has 1 aliphatic rings. The van der Waals surface area contributed by atoms with Gasteiger partial charge in [0, 0.05) is 24.8 Å². The van der Waals surface area contributed by atoms with E-state index in [1.54, 1.807) is 0 Å². The third-order valence-electron chi connectivity index (χ3n) is 5.48. The second kappa shape index (κ2) is 8.46. The first kappa shape index (κ1) is 17.2. The van der Waals surface area contributed by atoms with E-state index in [1.165, 1.54) is 48.0 Å². The Kier molecular flexibility index (Phi) is 6.06. The molecule has 0 radical (unpaired) electrons. The largest absolute Gasteiger partial charge is 0.385 e. The van der Waals surface area contributed by atoms with Gasteiger partial charge in [-0.15, -0.1) is 0 Å². The summed E-state index contributed by atoms with van der Waals surface area (Å²) in [7, 11) is 1.81. The van der Waals surface area contributed by atoms with E-state index in [9.17, 15) is 0 Å². The predicted molar refractivity (Wildman–Crippen MR) is 99.5 cm³/mol. The van der Waals surface area contributed by atoms with E-state index in [-0.39, 0.29) is 0 Å². The zero-order valence-electron chi connectivity index (χ0n) is 14.9. The first-order valence-electron chi connectivity index (χ1n) is 9.22. The van der Waals surface area contributed by atoms with Crippen LogP contribution in [0.3, 0.4) is 0 Å². The Morgan fingerprint density at radius 2 is 1.33 bits per heavy atom. The number of hydrogen-bond acceptors (Lipinski definition) is 1. The molecule has 1 fully saturated rings. The number of likely N-dealkylation sites (tertiary alicyclic amines) is 1. The standard InChI is InChI=1S/C22H30NO/c1-24-17-14-20-12-15-23(16-13-20,18-21-8-4-2-5-9-21)19-22-10-6-3-7-11-22/h2-11,20H,12-19H2,1H3/q+1. The first-order chi connectivity index (χ1) is 11.8. The van der Waals surface area contributed by atoms with Gasteiger partial charge in [-0.25, -0.2) is 0 Å².